The summed E-state index contributed by atoms with van der Waals surface area (Å²) in [7, 11) is 1.52. The smallest absolute Gasteiger partial charge is 0.187 e. The molecule has 3 unspecified atom stereocenters. The highest BCUT2D eigenvalue weighted by atomic mass is 16.8. The molecule has 0 N–H and O–H groups in total. The van der Waals surface area contributed by atoms with E-state index in [1.807, 2.05) is 152 Å². The maximum absolute atomic E-state index is 7.44. The van der Waals surface area contributed by atoms with E-state index in [1.165, 1.54) is 7.11 Å². The minimum atomic E-state index is -1.25. The van der Waals surface area contributed by atoms with Crippen LogP contribution in [0.5, 0.6) is 0 Å². The lowest BCUT2D eigenvalue weighted by atomic mass is 9.94. The van der Waals surface area contributed by atoms with Crippen LogP contribution >= 0.6 is 0 Å². The van der Waals surface area contributed by atoms with Gasteiger partial charge in [-0.15, -0.1) is 12.8 Å². The summed E-state index contributed by atoms with van der Waals surface area (Å²) in [6.07, 6.45) is -4.13. The molecule has 76 heavy (non-hydrogen) atoms. The van der Waals surface area contributed by atoms with Gasteiger partial charge in [-0.25, -0.2) is 0 Å². The van der Waals surface area contributed by atoms with E-state index < -0.39 is 111 Å². The fourth-order valence-corrected chi connectivity index (χ4v) is 10.5. The average molecular weight is 1040 g/mol. The van der Waals surface area contributed by atoms with Gasteiger partial charge in [0, 0.05) is 23.8 Å². The number of rotatable bonds is 18. The third kappa shape index (κ3) is 12.0. The predicted molar refractivity (Wildman–Crippen MR) is 270 cm³/mol. The van der Waals surface area contributed by atoms with E-state index in [9.17, 15) is 0 Å². The van der Waals surface area contributed by atoms with E-state index in [2.05, 4.69) is 11.8 Å². The highest BCUT2D eigenvalue weighted by Crippen LogP contribution is 2.44. The number of fused-ring (bicyclic) bond motifs is 3. The van der Waals surface area contributed by atoms with Gasteiger partial charge in [0.05, 0.1) is 33.0 Å². The van der Waals surface area contributed by atoms with Crippen molar-refractivity contribution in [2.24, 2.45) is 0 Å². The van der Waals surface area contributed by atoms with Crippen LogP contribution in [0.4, 0.5) is 0 Å². The molecule has 0 bridgehead atoms. The first-order valence-corrected chi connectivity index (χ1v) is 25.7. The van der Waals surface area contributed by atoms with Gasteiger partial charge in [0.25, 0.3) is 0 Å². The first-order chi connectivity index (χ1) is 37.5. The Bertz CT molecular complexity index is 2640. The van der Waals surface area contributed by atoms with Crippen LogP contribution in [0.15, 0.2) is 152 Å². The van der Waals surface area contributed by atoms with Gasteiger partial charge in [-0.2, -0.15) is 0 Å². The molecule has 6 fully saturated rings. The van der Waals surface area contributed by atoms with Crippen LogP contribution in [0, 0.1) is 24.7 Å². The molecule has 6 heterocycles. The predicted octanol–water partition coefficient (Wildman–Crippen LogP) is 7.13. The SMILES string of the molecule is C#CCO[C@@H]1[C@H](O[C@@H]2[C@@H](OCC#C)[C@@H](OC)O[C@@H]3COC(c4ccccc4)O[C@@H]23)O[C@@H]2COC(c3ccccc3)O[C@H]2[C@@H]1O[C@@H]1O[C@@H]2COC(c3ccccc3)O[C@H]2[C@H](OCc2ccccc2)[C@@H]1OCc1ccccc1. The van der Waals surface area contributed by atoms with Gasteiger partial charge < -0.3 is 75.8 Å². The van der Waals surface area contributed by atoms with Crippen LogP contribution in [0.3, 0.4) is 0 Å². The van der Waals surface area contributed by atoms with Crippen molar-refractivity contribution in [1.82, 2.24) is 0 Å². The van der Waals surface area contributed by atoms with E-state index in [-0.39, 0.29) is 46.2 Å². The summed E-state index contributed by atoms with van der Waals surface area (Å²) >= 11 is 0. The second-order valence-electron chi connectivity index (χ2n) is 19.1. The van der Waals surface area contributed by atoms with E-state index in [0.29, 0.717) is 0 Å². The van der Waals surface area contributed by atoms with Crippen molar-refractivity contribution in [3.05, 3.63) is 179 Å². The van der Waals surface area contributed by atoms with Crippen molar-refractivity contribution >= 4 is 0 Å². The Morgan fingerprint density at radius 1 is 0.395 bits per heavy atom. The fourth-order valence-electron chi connectivity index (χ4n) is 10.5. The zero-order valence-corrected chi connectivity index (χ0v) is 42.0. The molecule has 398 valence electrons. The molecule has 0 radical (unpaired) electrons. The Morgan fingerprint density at radius 3 is 1.11 bits per heavy atom. The zero-order chi connectivity index (χ0) is 51.6. The lowest BCUT2D eigenvalue weighted by molar-refractivity contribution is -0.425. The quantitative estimate of drug-likeness (QED) is 0.0820. The number of methoxy groups -OCH3 is 1. The van der Waals surface area contributed by atoms with E-state index in [0.717, 1.165) is 27.8 Å². The molecule has 16 heteroatoms. The van der Waals surface area contributed by atoms with Crippen molar-refractivity contribution in [3.63, 3.8) is 0 Å². The number of ether oxygens (including phenoxy) is 16. The summed E-state index contributed by atoms with van der Waals surface area (Å²) in [4.78, 5) is 0. The van der Waals surface area contributed by atoms with Gasteiger partial charge in [0.2, 0.25) is 0 Å². The number of hydrogen-bond acceptors (Lipinski definition) is 16. The van der Waals surface area contributed by atoms with Gasteiger partial charge in [0.15, 0.2) is 37.7 Å². The van der Waals surface area contributed by atoms with Gasteiger partial charge in [-0.3, -0.25) is 0 Å². The van der Waals surface area contributed by atoms with Crippen LogP contribution in [0.2, 0.25) is 0 Å². The van der Waals surface area contributed by atoms with Crippen molar-refractivity contribution < 1.29 is 75.8 Å². The van der Waals surface area contributed by atoms with Crippen LogP contribution in [0.1, 0.15) is 46.7 Å². The minimum absolute atomic E-state index is 0.0688. The van der Waals surface area contributed by atoms with Crippen LogP contribution in [0.25, 0.3) is 0 Å². The third-order valence-corrected chi connectivity index (χ3v) is 14.2. The molecule has 6 aliphatic rings. The number of terminal acetylenes is 2. The van der Waals surface area contributed by atoms with E-state index in [1.54, 1.807) is 0 Å². The Hall–Kier alpha value is -5.42. The Labute approximate surface area is 442 Å². The van der Waals surface area contributed by atoms with Gasteiger partial charge in [-0.05, 0) is 11.1 Å². The largest absolute Gasteiger partial charge is 0.368 e. The second-order valence-corrected chi connectivity index (χ2v) is 19.1. The molecule has 11 rings (SSSR count). The van der Waals surface area contributed by atoms with Crippen molar-refractivity contribution in [2.75, 3.05) is 40.1 Å². The van der Waals surface area contributed by atoms with Crippen LogP contribution in [-0.4, -0.2) is 132 Å². The maximum atomic E-state index is 7.44. The molecule has 0 aliphatic carbocycles. The second kappa shape index (κ2) is 25.4. The van der Waals surface area contributed by atoms with Gasteiger partial charge in [-0.1, -0.05) is 164 Å². The van der Waals surface area contributed by atoms with Gasteiger partial charge in [0.1, 0.15) is 86.5 Å². The van der Waals surface area contributed by atoms with Crippen LogP contribution in [-0.2, 0) is 89.0 Å². The standard InChI is InChI=1S/C60H62O16/c1-4-31-62-53-50(47-44(69-58(53)61-3)36-67-56(73-47)41-27-17-9-18-28-41)75-60-54(63-32-5-2)51(48-45(71-60)37-68-57(74-48)42-29-19-10-20-30-42)76-59-52(65-34-39-23-13-7-14-24-39)49(64-33-38-21-11-6-12-22-38)46-43(70-59)35-66-55(72-46)40-25-15-8-16-26-40/h1-2,6-30,43-60H,31-37H2,3H3/t43-,44-,45-,46-,47-,48-,49+,50+,51+,52+,53-,54+,55?,56?,57?,58+,59+,60+/m1/s1. The molecule has 6 saturated heterocycles. The molecule has 18 atom stereocenters. The zero-order valence-electron chi connectivity index (χ0n) is 42.0. The molecule has 5 aromatic rings. The topological polar surface area (TPSA) is 148 Å². The lowest BCUT2D eigenvalue weighted by Crippen LogP contribution is -2.69. The highest BCUT2D eigenvalue weighted by molar-refractivity contribution is 5.20. The molecule has 0 spiro atoms. The summed E-state index contributed by atoms with van der Waals surface area (Å²) in [6, 6.07) is 48.8. The van der Waals surface area contributed by atoms with Crippen molar-refractivity contribution in [2.45, 2.75) is 124 Å². The molecular weight excluding hydrogens is 977 g/mol. The number of hydrogen-bond donors (Lipinski definition) is 0. The molecular formula is C60H62O16. The monoisotopic (exact) mass is 1040 g/mol. The first kappa shape index (κ1) is 52.6. The Kier molecular flexibility index (Phi) is 17.6. The average Bonchev–Trinajstić information content (AvgIpc) is 3.52. The van der Waals surface area contributed by atoms with Gasteiger partial charge >= 0.3 is 0 Å². The number of benzene rings is 5. The van der Waals surface area contributed by atoms with Crippen molar-refractivity contribution in [1.29, 1.82) is 0 Å². The molecule has 0 amide bonds. The molecule has 16 nitrogen and oxygen atoms in total. The lowest BCUT2D eigenvalue weighted by Gasteiger charge is -2.54. The Balaban J connectivity index is 0.971. The highest BCUT2D eigenvalue weighted by Gasteiger charge is 2.60. The van der Waals surface area contributed by atoms with E-state index in [4.69, 9.17) is 88.6 Å². The summed E-state index contributed by atoms with van der Waals surface area (Å²) < 4.78 is 108. The maximum Gasteiger partial charge on any atom is 0.187 e. The minimum Gasteiger partial charge on any atom is -0.368 e. The molecule has 5 aromatic carbocycles. The molecule has 6 aliphatic heterocycles. The molecule has 0 aromatic heterocycles. The van der Waals surface area contributed by atoms with Crippen LogP contribution < -0.4 is 0 Å². The normalized spacial score (nSPS) is 35.1. The third-order valence-electron chi connectivity index (χ3n) is 14.2. The van der Waals surface area contributed by atoms with Crippen molar-refractivity contribution in [3.8, 4) is 24.7 Å². The summed E-state index contributed by atoms with van der Waals surface area (Å²) in [6.45, 7) is 0.503. The Morgan fingerprint density at radius 2 is 0.724 bits per heavy atom. The summed E-state index contributed by atoms with van der Waals surface area (Å²) in [5, 5.41) is 0. The summed E-state index contributed by atoms with van der Waals surface area (Å²) in [5.41, 5.74) is 4.31. The summed E-state index contributed by atoms with van der Waals surface area (Å²) in [5.74, 6) is 5.21. The fraction of sp³-hybridized carbons (Fsp3) is 0.433. The first-order valence-electron chi connectivity index (χ1n) is 25.7. The van der Waals surface area contributed by atoms with E-state index >= 15 is 0 Å². The molecule has 0 saturated carbocycles.